The van der Waals surface area contributed by atoms with Crippen LogP contribution in [0.5, 0.6) is 0 Å². The SMILES string of the molecule is C1C[C@@H](O[C@@H]2CC[C@@H]3O[C@@H]32)[C@@H]2O[C@@H]12. The molecular formula is C10H14O3. The Labute approximate surface area is 77.3 Å². The first kappa shape index (κ1) is 7.21. The van der Waals surface area contributed by atoms with E-state index in [1.54, 1.807) is 0 Å². The smallest absolute Gasteiger partial charge is 0.110 e. The molecule has 2 saturated carbocycles. The van der Waals surface area contributed by atoms with Gasteiger partial charge in [-0.05, 0) is 25.7 Å². The molecular weight excluding hydrogens is 168 g/mol. The fraction of sp³-hybridized carbons (Fsp3) is 1.00. The lowest BCUT2D eigenvalue weighted by atomic mass is 10.2. The summed E-state index contributed by atoms with van der Waals surface area (Å²) in [6.07, 6.45) is 7.55. The molecule has 2 aliphatic heterocycles. The molecule has 4 aliphatic rings. The highest BCUT2D eigenvalue weighted by molar-refractivity contribution is 5.03. The average Bonchev–Trinajstić information content (AvgIpc) is 3.03. The van der Waals surface area contributed by atoms with Crippen molar-refractivity contribution in [3.63, 3.8) is 0 Å². The van der Waals surface area contributed by atoms with Crippen LogP contribution in [0.1, 0.15) is 25.7 Å². The highest BCUT2D eigenvalue weighted by Gasteiger charge is 2.56. The van der Waals surface area contributed by atoms with Gasteiger partial charge in [0.05, 0.1) is 24.4 Å². The molecule has 0 amide bonds. The van der Waals surface area contributed by atoms with Crippen molar-refractivity contribution in [3.8, 4) is 0 Å². The summed E-state index contributed by atoms with van der Waals surface area (Å²) < 4.78 is 16.9. The van der Waals surface area contributed by atoms with Crippen LogP contribution < -0.4 is 0 Å². The zero-order valence-corrected chi connectivity index (χ0v) is 7.52. The first-order chi connectivity index (χ1) is 6.42. The average molecular weight is 182 g/mol. The summed E-state index contributed by atoms with van der Waals surface area (Å²) in [5.41, 5.74) is 0. The molecule has 4 fully saturated rings. The van der Waals surface area contributed by atoms with Crippen LogP contribution in [-0.2, 0) is 14.2 Å². The van der Waals surface area contributed by atoms with Gasteiger partial charge in [0.25, 0.3) is 0 Å². The van der Waals surface area contributed by atoms with E-state index in [0.717, 1.165) is 0 Å². The molecule has 2 saturated heterocycles. The Morgan fingerprint density at radius 3 is 1.62 bits per heavy atom. The molecule has 0 radical (unpaired) electrons. The number of ether oxygens (including phenoxy) is 3. The molecule has 13 heavy (non-hydrogen) atoms. The van der Waals surface area contributed by atoms with Gasteiger partial charge in [-0.25, -0.2) is 0 Å². The van der Waals surface area contributed by atoms with E-state index in [-0.39, 0.29) is 0 Å². The first-order valence-corrected chi connectivity index (χ1v) is 5.38. The lowest BCUT2D eigenvalue weighted by molar-refractivity contribution is -0.0432. The third-order valence-electron chi connectivity index (χ3n) is 3.80. The zero-order valence-electron chi connectivity index (χ0n) is 7.52. The predicted molar refractivity (Wildman–Crippen MR) is 44.5 cm³/mol. The molecule has 0 unspecified atom stereocenters. The Morgan fingerprint density at radius 1 is 0.769 bits per heavy atom. The summed E-state index contributed by atoms with van der Waals surface area (Å²) in [5, 5.41) is 0. The molecule has 0 spiro atoms. The van der Waals surface area contributed by atoms with Crippen LogP contribution in [0.3, 0.4) is 0 Å². The molecule has 72 valence electrons. The quantitative estimate of drug-likeness (QED) is 0.594. The van der Waals surface area contributed by atoms with Gasteiger partial charge in [-0.3, -0.25) is 0 Å². The molecule has 0 aromatic rings. The van der Waals surface area contributed by atoms with Crippen molar-refractivity contribution in [1.29, 1.82) is 0 Å². The molecule has 2 aliphatic carbocycles. The van der Waals surface area contributed by atoms with Crippen LogP contribution in [0.25, 0.3) is 0 Å². The number of epoxide rings is 2. The Morgan fingerprint density at radius 2 is 1.31 bits per heavy atom. The molecule has 3 nitrogen and oxygen atoms in total. The number of fused-ring (bicyclic) bond motifs is 2. The topological polar surface area (TPSA) is 34.3 Å². The lowest BCUT2D eigenvalue weighted by Crippen LogP contribution is -2.26. The molecule has 0 aromatic heterocycles. The molecule has 6 atom stereocenters. The minimum atomic E-state index is 0.387. The van der Waals surface area contributed by atoms with Gasteiger partial charge in [-0.2, -0.15) is 0 Å². The Bertz CT molecular complexity index is 218. The van der Waals surface area contributed by atoms with Crippen LogP contribution in [0.15, 0.2) is 0 Å². The van der Waals surface area contributed by atoms with Crippen LogP contribution in [0.4, 0.5) is 0 Å². The van der Waals surface area contributed by atoms with E-state index in [1.807, 2.05) is 0 Å². The van der Waals surface area contributed by atoms with Crippen molar-refractivity contribution in [2.24, 2.45) is 0 Å². The summed E-state index contributed by atoms with van der Waals surface area (Å²) in [5.74, 6) is 0. The number of hydrogen-bond donors (Lipinski definition) is 0. The van der Waals surface area contributed by atoms with Gasteiger partial charge in [-0.1, -0.05) is 0 Å². The highest BCUT2D eigenvalue weighted by Crippen LogP contribution is 2.45. The maximum Gasteiger partial charge on any atom is 0.110 e. The van der Waals surface area contributed by atoms with E-state index in [4.69, 9.17) is 14.2 Å². The summed E-state index contributed by atoms with van der Waals surface area (Å²) >= 11 is 0. The Hall–Kier alpha value is -0.120. The van der Waals surface area contributed by atoms with E-state index < -0.39 is 0 Å². The van der Waals surface area contributed by atoms with Gasteiger partial charge in [0.1, 0.15) is 12.2 Å². The molecule has 0 bridgehead atoms. The minimum absolute atomic E-state index is 0.387. The van der Waals surface area contributed by atoms with Crippen LogP contribution in [0.2, 0.25) is 0 Å². The van der Waals surface area contributed by atoms with Crippen molar-refractivity contribution < 1.29 is 14.2 Å². The summed E-state index contributed by atoms with van der Waals surface area (Å²) in [4.78, 5) is 0. The van der Waals surface area contributed by atoms with E-state index in [2.05, 4.69) is 0 Å². The van der Waals surface area contributed by atoms with Gasteiger partial charge in [0.2, 0.25) is 0 Å². The molecule has 4 rings (SSSR count). The van der Waals surface area contributed by atoms with Gasteiger partial charge < -0.3 is 14.2 Å². The van der Waals surface area contributed by atoms with Gasteiger partial charge in [0.15, 0.2) is 0 Å². The van der Waals surface area contributed by atoms with Gasteiger partial charge in [0, 0.05) is 0 Å². The van der Waals surface area contributed by atoms with Crippen LogP contribution >= 0.6 is 0 Å². The molecule has 0 aromatic carbocycles. The third kappa shape index (κ3) is 1.01. The monoisotopic (exact) mass is 182 g/mol. The van der Waals surface area contributed by atoms with E-state index in [9.17, 15) is 0 Å². The first-order valence-electron chi connectivity index (χ1n) is 5.38. The number of hydrogen-bond acceptors (Lipinski definition) is 3. The van der Waals surface area contributed by atoms with E-state index in [0.29, 0.717) is 36.6 Å². The minimum Gasteiger partial charge on any atom is -0.369 e. The maximum atomic E-state index is 6.03. The van der Waals surface area contributed by atoms with Crippen molar-refractivity contribution in [1.82, 2.24) is 0 Å². The second-order valence-electron chi connectivity index (χ2n) is 4.65. The number of rotatable bonds is 2. The van der Waals surface area contributed by atoms with Crippen molar-refractivity contribution >= 4 is 0 Å². The van der Waals surface area contributed by atoms with Gasteiger partial charge >= 0.3 is 0 Å². The lowest BCUT2D eigenvalue weighted by Gasteiger charge is -2.18. The largest absolute Gasteiger partial charge is 0.369 e. The highest BCUT2D eigenvalue weighted by atomic mass is 16.7. The fourth-order valence-electron chi connectivity index (χ4n) is 2.93. The molecule has 0 N–H and O–H groups in total. The molecule has 3 heteroatoms. The normalized spacial score (nSPS) is 61.8. The van der Waals surface area contributed by atoms with E-state index in [1.165, 1.54) is 25.7 Å². The Kier molecular flexibility index (Phi) is 1.26. The van der Waals surface area contributed by atoms with Crippen LogP contribution in [-0.4, -0.2) is 36.6 Å². The third-order valence-corrected chi connectivity index (χ3v) is 3.80. The van der Waals surface area contributed by atoms with Crippen molar-refractivity contribution in [3.05, 3.63) is 0 Å². The molecule has 2 heterocycles. The second-order valence-corrected chi connectivity index (χ2v) is 4.65. The summed E-state index contributed by atoms with van der Waals surface area (Å²) in [6, 6.07) is 0. The van der Waals surface area contributed by atoms with E-state index >= 15 is 0 Å². The standard InChI is InChI=1S/C10H14O3/c1-3-7-9(12-7)5(1)11-6-2-4-8-10(6)13-8/h5-10H,1-4H2/t5-,6-,7+,8+,9-,10+/m1/s1. The zero-order chi connectivity index (χ0) is 8.41. The fourth-order valence-corrected chi connectivity index (χ4v) is 2.93. The maximum absolute atomic E-state index is 6.03. The van der Waals surface area contributed by atoms with Crippen molar-refractivity contribution in [2.45, 2.75) is 62.3 Å². The summed E-state index contributed by atoms with van der Waals surface area (Å²) in [6.45, 7) is 0. The van der Waals surface area contributed by atoms with Crippen molar-refractivity contribution in [2.75, 3.05) is 0 Å². The summed E-state index contributed by atoms with van der Waals surface area (Å²) in [7, 11) is 0. The predicted octanol–water partition coefficient (Wildman–Crippen LogP) is 0.863. The van der Waals surface area contributed by atoms with Crippen LogP contribution in [0, 0.1) is 0 Å². The second kappa shape index (κ2) is 2.27. The van der Waals surface area contributed by atoms with Gasteiger partial charge in [-0.15, -0.1) is 0 Å². The Balaban J connectivity index is 1.41.